The molecule has 0 fully saturated rings. The SMILES string of the molecule is Cc1cccc(S(=O)(=O)NCc2c(F)ccc(F)c2Cl)c1. The number of aryl methyl sites for hydroxylation is 1. The third-order valence-corrected chi connectivity index (χ3v) is 4.69. The van der Waals surface area contributed by atoms with Crippen molar-refractivity contribution in [1.29, 1.82) is 0 Å². The van der Waals surface area contributed by atoms with Gasteiger partial charge in [0.1, 0.15) is 11.6 Å². The number of hydrogen-bond donors (Lipinski definition) is 1. The number of benzene rings is 2. The lowest BCUT2D eigenvalue weighted by Crippen LogP contribution is -2.24. The zero-order chi connectivity index (χ0) is 15.6. The largest absolute Gasteiger partial charge is 0.240 e. The maximum atomic E-state index is 13.6. The van der Waals surface area contributed by atoms with E-state index in [1.165, 1.54) is 12.1 Å². The van der Waals surface area contributed by atoms with E-state index < -0.39 is 33.2 Å². The van der Waals surface area contributed by atoms with E-state index in [9.17, 15) is 17.2 Å². The fraction of sp³-hybridized carbons (Fsp3) is 0.143. The summed E-state index contributed by atoms with van der Waals surface area (Å²) in [7, 11) is -3.83. The van der Waals surface area contributed by atoms with Crippen LogP contribution in [0.2, 0.25) is 5.02 Å². The lowest BCUT2D eigenvalue weighted by Gasteiger charge is -2.10. The molecule has 0 heterocycles. The molecule has 2 aromatic carbocycles. The highest BCUT2D eigenvalue weighted by molar-refractivity contribution is 7.89. The van der Waals surface area contributed by atoms with E-state index in [-0.39, 0.29) is 10.5 Å². The molecule has 0 aliphatic heterocycles. The van der Waals surface area contributed by atoms with Crippen molar-refractivity contribution < 1.29 is 17.2 Å². The Morgan fingerprint density at radius 3 is 2.48 bits per heavy atom. The highest BCUT2D eigenvalue weighted by Crippen LogP contribution is 2.23. The first-order valence-electron chi connectivity index (χ1n) is 6.00. The summed E-state index contributed by atoms with van der Waals surface area (Å²) in [5.74, 6) is -1.57. The third kappa shape index (κ3) is 3.58. The van der Waals surface area contributed by atoms with Crippen LogP contribution in [0.25, 0.3) is 0 Å². The summed E-state index contributed by atoms with van der Waals surface area (Å²) in [5, 5.41) is -0.429. The lowest BCUT2D eigenvalue weighted by molar-refractivity contribution is 0.567. The van der Waals surface area contributed by atoms with Crippen LogP contribution in [0.4, 0.5) is 8.78 Å². The van der Waals surface area contributed by atoms with Gasteiger partial charge in [0, 0.05) is 12.1 Å². The van der Waals surface area contributed by atoms with Crippen molar-refractivity contribution in [3.05, 3.63) is 64.2 Å². The highest BCUT2D eigenvalue weighted by Gasteiger charge is 2.17. The quantitative estimate of drug-likeness (QED) is 0.873. The molecule has 0 atom stereocenters. The predicted octanol–water partition coefficient (Wildman–Crippen LogP) is 3.41. The predicted molar refractivity (Wildman–Crippen MR) is 76.6 cm³/mol. The molecule has 21 heavy (non-hydrogen) atoms. The van der Waals surface area contributed by atoms with Gasteiger partial charge in [-0.15, -0.1) is 0 Å². The number of halogens is 3. The van der Waals surface area contributed by atoms with E-state index in [2.05, 4.69) is 4.72 Å². The van der Waals surface area contributed by atoms with Crippen molar-refractivity contribution in [3.8, 4) is 0 Å². The third-order valence-electron chi connectivity index (χ3n) is 2.88. The Balaban J connectivity index is 2.26. The van der Waals surface area contributed by atoms with Gasteiger partial charge in [-0.1, -0.05) is 23.7 Å². The monoisotopic (exact) mass is 331 g/mol. The maximum Gasteiger partial charge on any atom is 0.240 e. The summed E-state index contributed by atoms with van der Waals surface area (Å²) in [6, 6.07) is 8.03. The van der Waals surface area contributed by atoms with Gasteiger partial charge >= 0.3 is 0 Å². The van der Waals surface area contributed by atoms with Crippen LogP contribution in [0.5, 0.6) is 0 Å². The second kappa shape index (κ2) is 6.09. The Morgan fingerprint density at radius 2 is 1.81 bits per heavy atom. The van der Waals surface area contributed by atoms with E-state index in [0.717, 1.165) is 17.7 Å². The summed E-state index contributed by atoms with van der Waals surface area (Å²) < 4.78 is 53.3. The summed E-state index contributed by atoms with van der Waals surface area (Å²) in [6.45, 7) is 1.32. The van der Waals surface area contributed by atoms with E-state index in [1.807, 2.05) is 0 Å². The summed E-state index contributed by atoms with van der Waals surface area (Å²) in [5.41, 5.74) is 0.542. The molecular weight excluding hydrogens is 320 g/mol. The van der Waals surface area contributed by atoms with Gasteiger partial charge in [0.05, 0.1) is 9.92 Å². The molecule has 0 amide bonds. The van der Waals surface area contributed by atoms with Crippen molar-refractivity contribution in [2.75, 3.05) is 0 Å². The molecule has 7 heteroatoms. The van der Waals surface area contributed by atoms with Gasteiger partial charge in [-0.25, -0.2) is 21.9 Å². The van der Waals surface area contributed by atoms with Crippen LogP contribution in [0, 0.1) is 18.6 Å². The molecule has 0 aromatic heterocycles. The number of nitrogens with one attached hydrogen (secondary N) is 1. The van der Waals surface area contributed by atoms with Crippen molar-refractivity contribution >= 4 is 21.6 Å². The zero-order valence-electron chi connectivity index (χ0n) is 11.0. The molecule has 0 saturated heterocycles. The average molecular weight is 332 g/mol. The van der Waals surface area contributed by atoms with Crippen LogP contribution < -0.4 is 4.72 Å². The molecule has 3 nitrogen and oxygen atoms in total. The second-order valence-electron chi connectivity index (χ2n) is 4.46. The first-order valence-corrected chi connectivity index (χ1v) is 7.86. The topological polar surface area (TPSA) is 46.2 Å². The van der Waals surface area contributed by atoms with Gasteiger partial charge in [0.15, 0.2) is 0 Å². The van der Waals surface area contributed by atoms with Gasteiger partial charge in [-0.2, -0.15) is 0 Å². The van der Waals surface area contributed by atoms with Crippen molar-refractivity contribution in [3.63, 3.8) is 0 Å². The fourth-order valence-corrected chi connectivity index (χ4v) is 3.08. The van der Waals surface area contributed by atoms with Crippen LogP contribution in [0.3, 0.4) is 0 Å². The maximum absolute atomic E-state index is 13.6. The van der Waals surface area contributed by atoms with Gasteiger partial charge in [-0.05, 0) is 36.8 Å². The van der Waals surface area contributed by atoms with Crippen molar-refractivity contribution in [2.45, 2.75) is 18.4 Å². The average Bonchev–Trinajstić information content (AvgIpc) is 2.43. The highest BCUT2D eigenvalue weighted by atomic mass is 35.5. The van der Waals surface area contributed by atoms with Crippen LogP contribution in [-0.4, -0.2) is 8.42 Å². The van der Waals surface area contributed by atoms with Gasteiger partial charge in [0.2, 0.25) is 10.0 Å². The normalized spacial score (nSPS) is 11.6. The van der Waals surface area contributed by atoms with Crippen LogP contribution >= 0.6 is 11.6 Å². The van der Waals surface area contributed by atoms with Gasteiger partial charge < -0.3 is 0 Å². The lowest BCUT2D eigenvalue weighted by atomic mass is 10.2. The number of rotatable bonds is 4. The second-order valence-corrected chi connectivity index (χ2v) is 6.61. The Kier molecular flexibility index (Phi) is 4.61. The summed E-state index contributed by atoms with van der Waals surface area (Å²) in [6.07, 6.45) is 0. The van der Waals surface area contributed by atoms with Crippen molar-refractivity contribution in [1.82, 2.24) is 4.72 Å². The minimum absolute atomic E-state index is 0.0513. The Hall–Kier alpha value is -1.50. The molecule has 0 aliphatic rings. The van der Waals surface area contributed by atoms with E-state index in [4.69, 9.17) is 11.6 Å². The molecule has 0 bridgehead atoms. The molecule has 112 valence electrons. The van der Waals surface area contributed by atoms with Gasteiger partial charge in [0.25, 0.3) is 0 Å². The Morgan fingerprint density at radius 1 is 1.14 bits per heavy atom. The molecule has 2 rings (SSSR count). The minimum atomic E-state index is -3.83. The molecule has 1 N–H and O–H groups in total. The van der Waals surface area contributed by atoms with E-state index >= 15 is 0 Å². The summed E-state index contributed by atoms with van der Waals surface area (Å²) >= 11 is 5.65. The Bertz CT molecular complexity index is 779. The zero-order valence-corrected chi connectivity index (χ0v) is 12.6. The van der Waals surface area contributed by atoms with Gasteiger partial charge in [-0.3, -0.25) is 0 Å². The number of sulfonamides is 1. The molecule has 0 radical (unpaired) electrons. The Labute approximate surface area is 126 Å². The first-order chi connectivity index (χ1) is 9.81. The molecule has 0 aliphatic carbocycles. The number of hydrogen-bond acceptors (Lipinski definition) is 2. The first kappa shape index (κ1) is 15.9. The molecular formula is C14H12ClF2NO2S. The minimum Gasteiger partial charge on any atom is -0.207 e. The fourth-order valence-electron chi connectivity index (χ4n) is 1.76. The molecule has 2 aromatic rings. The molecule has 0 saturated carbocycles. The van der Waals surface area contributed by atoms with Crippen LogP contribution in [0.15, 0.2) is 41.3 Å². The van der Waals surface area contributed by atoms with E-state index in [1.54, 1.807) is 19.1 Å². The summed E-state index contributed by atoms with van der Waals surface area (Å²) in [4.78, 5) is 0.0513. The standard InChI is InChI=1S/C14H12ClF2NO2S/c1-9-3-2-4-10(7-9)21(19,20)18-8-11-12(16)5-6-13(17)14(11)15/h2-7,18H,8H2,1H3. The van der Waals surface area contributed by atoms with Crippen LogP contribution in [0.1, 0.15) is 11.1 Å². The van der Waals surface area contributed by atoms with E-state index in [0.29, 0.717) is 0 Å². The molecule has 0 unspecified atom stereocenters. The van der Waals surface area contributed by atoms with Crippen LogP contribution in [-0.2, 0) is 16.6 Å². The molecule has 0 spiro atoms. The smallest absolute Gasteiger partial charge is 0.207 e. The van der Waals surface area contributed by atoms with Crippen molar-refractivity contribution in [2.24, 2.45) is 0 Å².